The van der Waals surface area contributed by atoms with Gasteiger partial charge in [0.25, 0.3) is 0 Å². The zero-order chi connectivity index (χ0) is 9.52. The summed E-state index contributed by atoms with van der Waals surface area (Å²) in [6.07, 6.45) is 0. The minimum Gasteiger partial charge on any atom is -0.474 e. The van der Waals surface area contributed by atoms with E-state index in [1.54, 1.807) is 26.3 Å². The van der Waals surface area contributed by atoms with Crippen molar-refractivity contribution in [1.82, 2.24) is 10.2 Å². The van der Waals surface area contributed by atoms with Gasteiger partial charge in [-0.15, -0.1) is 10.2 Å². The Balaban J connectivity index is 2.40. The topological polar surface area (TPSA) is 56.3 Å². The molecular formula is C8H13N3O2. The number of nitrogens with zero attached hydrogens (tertiary/aromatic N) is 2. The van der Waals surface area contributed by atoms with Crippen LogP contribution < -0.4 is 10.1 Å². The molecule has 0 unspecified atom stereocenters. The Morgan fingerprint density at radius 3 is 2.69 bits per heavy atom. The molecule has 1 heterocycles. The number of ether oxygens (including phenoxy) is 2. The van der Waals surface area contributed by atoms with Crippen LogP contribution in [0.2, 0.25) is 0 Å². The predicted molar refractivity (Wildman–Crippen MR) is 48.9 cm³/mol. The molecule has 0 fully saturated rings. The fourth-order valence-corrected chi connectivity index (χ4v) is 0.760. The first-order valence-corrected chi connectivity index (χ1v) is 4.00. The smallest absolute Gasteiger partial charge is 0.233 e. The lowest BCUT2D eigenvalue weighted by Crippen LogP contribution is -2.06. The molecule has 0 saturated heterocycles. The van der Waals surface area contributed by atoms with Crippen molar-refractivity contribution in [3.05, 3.63) is 12.1 Å². The maximum atomic E-state index is 5.22. The van der Waals surface area contributed by atoms with Crippen LogP contribution in [0.5, 0.6) is 5.88 Å². The van der Waals surface area contributed by atoms with E-state index in [4.69, 9.17) is 9.47 Å². The van der Waals surface area contributed by atoms with Gasteiger partial charge >= 0.3 is 0 Å². The second-order valence-corrected chi connectivity index (χ2v) is 2.35. The molecule has 1 aromatic heterocycles. The van der Waals surface area contributed by atoms with Crippen LogP contribution >= 0.6 is 0 Å². The van der Waals surface area contributed by atoms with Gasteiger partial charge in [0.15, 0.2) is 0 Å². The third-order valence-corrected chi connectivity index (χ3v) is 1.43. The Morgan fingerprint density at radius 2 is 2.15 bits per heavy atom. The molecule has 0 bridgehead atoms. The first-order chi connectivity index (χ1) is 6.36. The van der Waals surface area contributed by atoms with Crippen LogP contribution in [0.25, 0.3) is 0 Å². The summed E-state index contributed by atoms with van der Waals surface area (Å²) in [5.41, 5.74) is 0. The highest BCUT2D eigenvalue weighted by Crippen LogP contribution is 2.06. The lowest BCUT2D eigenvalue weighted by Gasteiger charge is -2.03. The molecule has 0 aromatic carbocycles. The van der Waals surface area contributed by atoms with Crippen LogP contribution in [0.3, 0.4) is 0 Å². The second-order valence-electron chi connectivity index (χ2n) is 2.35. The van der Waals surface area contributed by atoms with Gasteiger partial charge in [-0.05, 0) is 6.07 Å². The predicted octanol–water partition coefficient (Wildman–Crippen LogP) is 0.543. The highest BCUT2D eigenvalue weighted by molar-refractivity contribution is 5.32. The molecule has 1 N–H and O–H groups in total. The van der Waals surface area contributed by atoms with Crippen molar-refractivity contribution >= 4 is 5.82 Å². The molecule has 1 aromatic rings. The molecule has 13 heavy (non-hydrogen) atoms. The lowest BCUT2D eigenvalue weighted by atomic mass is 10.5. The van der Waals surface area contributed by atoms with E-state index in [1.807, 2.05) is 0 Å². The monoisotopic (exact) mass is 183 g/mol. The van der Waals surface area contributed by atoms with Crippen LogP contribution in [0.4, 0.5) is 5.82 Å². The van der Waals surface area contributed by atoms with Gasteiger partial charge in [0.1, 0.15) is 12.4 Å². The van der Waals surface area contributed by atoms with Gasteiger partial charge < -0.3 is 14.8 Å². The molecule has 5 nitrogen and oxygen atoms in total. The number of anilines is 1. The number of hydrogen-bond donors (Lipinski definition) is 1. The van der Waals surface area contributed by atoms with Crippen LogP contribution in [-0.4, -0.2) is 37.6 Å². The molecule has 72 valence electrons. The standard InChI is InChI=1S/C8H13N3O2/c1-9-7-3-4-8(11-10-7)13-6-5-12-2/h3-4H,5-6H2,1-2H3,(H,9,10). The minimum atomic E-state index is 0.490. The van der Waals surface area contributed by atoms with Crippen LogP contribution in [0.1, 0.15) is 0 Å². The lowest BCUT2D eigenvalue weighted by molar-refractivity contribution is 0.143. The highest BCUT2D eigenvalue weighted by atomic mass is 16.5. The molecule has 5 heteroatoms. The van der Waals surface area contributed by atoms with Crippen molar-refractivity contribution in [3.63, 3.8) is 0 Å². The van der Waals surface area contributed by atoms with E-state index in [-0.39, 0.29) is 0 Å². The maximum absolute atomic E-state index is 5.22. The van der Waals surface area contributed by atoms with Gasteiger partial charge in [-0.2, -0.15) is 0 Å². The van der Waals surface area contributed by atoms with E-state index < -0.39 is 0 Å². The average Bonchev–Trinajstić information content (AvgIpc) is 2.19. The van der Waals surface area contributed by atoms with E-state index in [2.05, 4.69) is 15.5 Å². The number of nitrogens with one attached hydrogen (secondary N) is 1. The highest BCUT2D eigenvalue weighted by Gasteiger charge is 1.95. The summed E-state index contributed by atoms with van der Waals surface area (Å²) < 4.78 is 10.0. The maximum Gasteiger partial charge on any atom is 0.233 e. The normalized spacial score (nSPS) is 9.69. The molecule has 0 saturated carbocycles. The van der Waals surface area contributed by atoms with Crippen molar-refractivity contribution in [1.29, 1.82) is 0 Å². The number of methoxy groups -OCH3 is 1. The first-order valence-electron chi connectivity index (χ1n) is 4.00. The zero-order valence-corrected chi connectivity index (χ0v) is 7.78. The molecule has 0 spiro atoms. The van der Waals surface area contributed by atoms with Crippen molar-refractivity contribution < 1.29 is 9.47 Å². The Morgan fingerprint density at radius 1 is 1.31 bits per heavy atom. The Bertz CT molecular complexity index is 238. The molecule has 0 radical (unpaired) electrons. The molecule has 0 aliphatic rings. The Kier molecular flexibility index (Phi) is 3.98. The average molecular weight is 183 g/mol. The van der Waals surface area contributed by atoms with E-state index in [0.717, 1.165) is 5.82 Å². The van der Waals surface area contributed by atoms with Gasteiger partial charge in [0.05, 0.1) is 6.61 Å². The number of rotatable bonds is 5. The summed E-state index contributed by atoms with van der Waals surface area (Å²) >= 11 is 0. The molecule has 0 amide bonds. The van der Waals surface area contributed by atoms with Crippen molar-refractivity contribution in [2.24, 2.45) is 0 Å². The van der Waals surface area contributed by atoms with E-state index in [1.165, 1.54) is 0 Å². The minimum absolute atomic E-state index is 0.490. The van der Waals surface area contributed by atoms with Crippen LogP contribution in [0, 0.1) is 0 Å². The summed E-state index contributed by atoms with van der Waals surface area (Å²) in [6.45, 7) is 1.04. The summed E-state index contributed by atoms with van der Waals surface area (Å²) in [5, 5.41) is 10.5. The van der Waals surface area contributed by atoms with Gasteiger partial charge in [-0.25, -0.2) is 0 Å². The second kappa shape index (κ2) is 5.31. The fourth-order valence-electron chi connectivity index (χ4n) is 0.760. The van der Waals surface area contributed by atoms with Crippen molar-refractivity contribution in [2.45, 2.75) is 0 Å². The fraction of sp³-hybridized carbons (Fsp3) is 0.500. The summed E-state index contributed by atoms with van der Waals surface area (Å²) in [5.74, 6) is 1.23. The van der Waals surface area contributed by atoms with Gasteiger partial charge in [-0.3, -0.25) is 0 Å². The zero-order valence-electron chi connectivity index (χ0n) is 7.78. The molecule has 0 aliphatic heterocycles. The summed E-state index contributed by atoms with van der Waals surface area (Å²) in [4.78, 5) is 0. The van der Waals surface area contributed by atoms with E-state index in [0.29, 0.717) is 19.1 Å². The van der Waals surface area contributed by atoms with Gasteiger partial charge in [0, 0.05) is 20.2 Å². The Hall–Kier alpha value is -1.36. The van der Waals surface area contributed by atoms with E-state index in [9.17, 15) is 0 Å². The molecular weight excluding hydrogens is 170 g/mol. The summed E-state index contributed by atoms with van der Waals surface area (Å²) in [7, 11) is 3.41. The van der Waals surface area contributed by atoms with Gasteiger partial charge in [0.2, 0.25) is 5.88 Å². The summed E-state index contributed by atoms with van der Waals surface area (Å²) in [6, 6.07) is 3.56. The Labute approximate surface area is 77.1 Å². The van der Waals surface area contributed by atoms with E-state index >= 15 is 0 Å². The SMILES string of the molecule is CNc1ccc(OCCOC)nn1. The quantitative estimate of drug-likeness (QED) is 0.675. The number of hydrogen-bond acceptors (Lipinski definition) is 5. The van der Waals surface area contributed by atoms with Crippen molar-refractivity contribution in [3.8, 4) is 5.88 Å². The molecule has 0 aliphatic carbocycles. The number of aromatic nitrogens is 2. The van der Waals surface area contributed by atoms with Crippen LogP contribution in [0.15, 0.2) is 12.1 Å². The molecule has 0 atom stereocenters. The third kappa shape index (κ3) is 3.25. The first kappa shape index (κ1) is 9.73. The van der Waals surface area contributed by atoms with Crippen molar-refractivity contribution in [2.75, 3.05) is 32.7 Å². The third-order valence-electron chi connectivity index (χ3n) is 1.43. The van der Waals surface area contributed by atoms with Crippen LogP contribution in [-0.2, 0) is 4.74 Å². The largest absolute Gasteiger partial charge is 0.474 e. The molecule has 1 rings (SSSR count). The van der Waals surface area contributed by atoms with Gasteiger partial charge in [-0.1, -0.05) is 0 Å².